The molecular formula is C17H20O. The summed E-state index contributed by atoms with van der Waals surface area (Å²) >= 11 is 0. The smallest absolute Gasteiger partial charge is 0.122 e. The van der Waals surface area contributed by atoms with Crippen LogP contribution in [0.4, 0.5) is 0 Å². The first-order valence-electron chi connectivity index (χ1n) is 6.30. The predicted molar refractivity (Wildman–Crippen MR) is 76.5 cm³/mol. The van der Waals surface area contributed by atoms with Gasteiger partial charge in [0.25, 0.3) is 0 Å². The first-order valence-corrected chi connectivity index (χ1v) is 6.30. The molecule has 2 aromatic carbocycles. The molecule has 0 N–H and O–H groups in total. The van der Waals surface area contributed by atoms with Gasteiger partial charge in [-0.1, -0.05) is 35.9 Å². The maximum Gasteiger partial charge on any atom is 0.122 e. The van der Waals surface area contributed by atoms with Crippen LogP contribution in [-0.2, 0) is 6.42 Å². The molecule has 18 heavy (non-hydrogen) atoms. The maximum absolute atomic E-state index is 5.42. The third-order valence-corrected chi connectivity index (χ3v) is 3.40. The number of rotatable bonds is 3. The molecule has 0 aliphatic heterocycles. The number of hydrogen-bond acceptors (Lipinski definition) is 1. The van der Waals surface area contributed by atoms with E-state index < -0.39 is 0 Å². The van der Waals surface area contributed by atoms with Crippen molar-refractivity contribution in [1.82, 2.24) is 0 Å². The first-order chi connectivity index (χ1) is 8.61. The Morgan fingerprint density at radius 3 is 2.17 bits per heavy atom. The second-order valence-corrected chi connectivity index (χ2v) is 4.87. The number of para-hydroxylation sites is 1. The van der Waals surface area contributed by atoms with Gasteiger partial charge in [0.2, 0.25) is 0 Å². The van der Waals surface area contributed by atoms with Gasteiger partial charge in [0.05, 0.1) is 7.11 Å². The van der Waals surface area contributed by atoms with E-state index in [0.29, 0.717) is 0 Å². The molecule has 0 aliphatic rings. The van der Waals surface area contributed by atoms with Crippen LogP contribution in [0.1, 0.15) is 27.8 Å². The van der Waals surface area contributed by atoms with E-state index in [1.54, 1.807) is 7.11 Å². The molecule has 0 fully saturated rings. The van der Waals surface area contributed by atoms with Crippen molar-refractivity contribution in [2.75, 3.05) is 7.11 Å². The normalized spacial score (nSPS) is 10.4. The molecule has 0 aromatic heterocycles. The van der Waals surface area contributed by atoms with Crippen LogP contribution < -0.4 is 4.74 Å². The van der Waals surface area contributed by atoms with Crippen LogP contribution in [0, 0.1) is 20.8 Å². The fourth-order valence-corrected chi connectivity index (χ4v) is 2.53. The van der Waals surface area contributed by atoms with Crippen LogP contribution in [0.2, 0.25) is 0 Å². The first kappa shape index (κ1) is 12.7. The van der Waals surface area contributed by atoms with Crippen LogP contribution >= 0.6 is 0 Å². The maximum atomic E-state index is 5.42. The Balaban J connectivity index is 2.40. The fraction of sp³-hybridized carbons (Fsp3) is 0.294. The zero-order chi connectivity index (χ0) is 13.1. The van der Waals surface area contributed by atoms with Gasteiger partial charge in [0, 0.05) is 6.42 Å². The minimum Gasteiger partial charge on any atom is -0.496 e. The SMILES string of the molecule is COc1ccccc1Cc1c(C)cc(C)cc1C. The highest BCUT2D eigenvalue weighted by Crippen LogP contribution is 2.25. The number of hydrogen-bond donors (Lipinski definition) is 0. The van der Waals surface area contributed by atoms with Crippen molar-refractivity contribution in [2.45, 2.75) is 27.2 Å². The fourth-order valence-electron chi connectivity index (χ4n) is 2.53. The van der Waals surface area contributed by atoms with Gasteiger partial charge in [-0.05, 0) is 49.1 Å². The molecule has 0 amide bonds. The van der Waals surface area contributed by atoms with E-state index in [9.17, 15) is 0 Å². The van der Waals surface area contributed by atoms with Gasteiger partial charge in [-0.15, -0.1) is 0 Å². The second kappa shape index (κ2) is 5.26. The van der Waals surface area contributed by atoms with Gasteiger partial charge in [-0.3, -0.25) is 0 Å². The van der Waals surface area contributed by atoms with E-state index in [4.69, 9.17) is 4.74 Å². The van der Waals surface area contributed by atoms with Gasteiger partial charge in [-0.25, -0.2) is 0 Å². The van der Waals surface area contributed by atoms with Gasteiger partial charge >= 0.3 is 0 Å². The molecule has 94 valence electrons. The summed E-state index contributed by atoms with van der Waals surface area (Å²) in [6.07, 6.45) is 0.932. The average molecular weight is 240 g/mol. The number of benzene rings is 2. The average Bonchev–Trinajstić information content (AvgIpc) is 2.34. The van der Waals surface area contributed by atoms with Crippen molar-refractivity contribution in [3.05, 3.63) is 64.2 Å². The van der Waals surface area contributed by atoms with Crippen molar-refractivity contribution in [3.8, 4) is 5.75 Å². The summed E-state index contributed by atoms with van der Waals surface area (Å²) < 4.78 is 5.42. The molecule has 0 spiro atoms. The quantitative estimate of drug-likeness (QED) is 0.781. The highest BCUT2D eigenvalue weighted by Gasteiger charge is 2.08. The van der Waals surface area contributed by atoms with E-state index in [-0.39, 0.29) is 0 Å². The summed E-state index contributed by atoms with van der Waals surface area (Å²) in [5.41, 5.74) is 6.70. The number of aryl methyl sites for hydroxylation is 3. The molecule has 1 nitrogen and oxygen atoms in total. The summed E-state index contributed by atoms with van der Waals surface area (Å²) in [4.78, 5) is 0. The van der Waals surface area contributed by atoms with Crippen LogP contribution in [0.3, 0.4) is 0 Å². The molecule has 2 aromatic rings. The highest BCUT2D eigenvalue weighted by atomic mass is 16.5. The van der Waals surface area contributed by atoms with E-state index >= 15 is 0 Å². The van der Waals surface area contributed by atoms with Crippen LogP contribution in [0.25, 0.3) is 0 Å². The predicted octanol–water partition coefficient (Wildman–Crippen LogP) is 4.21. The molecule has 0 aliphatic carbocycles. The number of ether oxygens (including phenoxy) is 1. The molecule has 0 heterocycles. The third kappa shape index (κ3) is 2.56. The van der Waals surface area contributed by atoms with E-state index in [1.165, 1.54) is 27.8 Å². The Morgan fingerprint density at radius 2 is 1.56 bits per heavy atom. The minimum absolute atomic E-state index is 0.932. The Labute approximate surface area is 109 Å². The Bertz CT molecular complexity index is 532. The molecule has 0 saturated carbocycles. The van der Waals surface area contributed by atoms with Crippen molar-refractivity contribution >= 4 is 0 Å². The Kier molecular flexibility index (Phi) is 3.71. The lowest BCUT2D eigenvalue weighted by atomic mass is 9.94. The van der Waals surface area contributed by atoms with Crippen LogP contribution in [0.15, 0.2) is 36.4 Å². The minimum atomic E-state index is 0.932. The summed E-state index contributed by atoms with van der Waals surface area (Å²) in [6, 6.07) is 12.7. The topological polar surface area (TPSA) is 9.23 Å². The van der Waals surface area contributed by atoms with E-state index in [1.807, 2.05) is 12.1 Å². The van der Waals surface area contributed by atoms with Crippen LogP contribution in [-0.4, -0.2) is 7.11 Å². The highest BCUT2D eigenvalue weighted by molar-refractivity contribution is 5.44. The molecule has 0 atom stereocenters. The summed E-state index contributed by atoms with van der Waals surface area (Å²) in [6.45, 7) is 6.52. The van der Waals surface area contributed by atoms with Crippen molar-refractivity contribution in [2.24, 2.45) is 0 Å². The molecule has 0 unspecified atom stereocenters. The molecule has 1 heteroatoms. The summed E-state index contributed by atoms with van der Waals surface area (Å²) in [7, 11) is 1.73. The number of methoxy groups -OCH3 is 1. The van der Waals surface area contributed by atoms with Gasteiger partial charge in [0.1, 0.15) is 5.75 Å². The van der Waals surface area contributed by atoms with Crippen molar-refractivity contribution in [3.63, 3.8) is 0 Å². The van der Waals surface area contributed by atoms with Crippen molar-refractivity contribution in [1.29, 1.82) is 0 Å². The van der Waals surface area contributed by atoms with E-state index in [2.05, 4.69) is 45.0 Å². The zero-order valence-electron chi connectivity index (χ0n) is 11.6. The van der Waals surface area contributed by atoms with Gasteiger partial charge < -0.3 is 4.74 Å². The van der Waals surface area contributed by atoms with E-state index in [0.717, 1.165) is 12.2 Å². The molecule has 0 saturated heterocycles. The van der Waals surface area contributed by atoms with Crippen molar-refractivity contribution < 1.29 is 4.74 Å². The lowest BCUT2D eigenvalue weighted by molar-refractivity contribution is 0.410. The monoisotopic (exact) mass is 240 g/mol. The van der Waals surface area contributed by atoms with Gasteiger partial charge in [0.15, 0.2) is 0 Å². The Morgan fingerprint density at radius 1 is 0.944 bits per heavy atom. The Hall–Kier alpha value is -1.76. The lowest BCUT2D eigenvalue weighted by Crippen LogP contribution is -1.99. The molecular weight excluding hydrogens is 220 g/mol. The molecule has 2 rings (SSSR count). The molecule has 0 radical (unpaired) electrons. The third-order valence-electron chi connectivity index (χ3n) is 3.40. The summed E-state index contributed by atoms with van der Waals surface area (Å²) in [5.74, 6) is 0.969. The zero-order valence-corrected chi connectivity index (χ0v) is 11.6. The van der Waals surface area contributed by atoms with Crippen LogP contribution in [0.5, 0.6) is 5.75 Å². The summed E-state index contributed by atoms with van der Waals surface area (Å²) in [5, 5.41) is 0. The molecule has 0 bridgehead atoms. The standard InChI is InChI=1S/C17H20O/c1-12-9-13(2)16(14(3)10-12)11-15-7-5-6-8-17(15)18-4/h5-10H,11H2,1-4H3. The van der Waals surface area contributed by atoms with Gasteiger partial charge in [-0.2, -0.15) is 0 Å². The lowest BCUT2D eigenvalue weighted by Gasteiger charge is -2.13. The largest absolute Gasteiger partial charge is 0.496 e. The second-order valence-electron chi connectivity index (χ2n) is 4.87.